The first kappa shape index (κ1) is 15.2. The van der Waals surface area contributed by atoms with E-state index in [2.05, 4.69) is 27.7 Å². The highest BCUT2D eigenvalue weighted by atomic mass is 16.5. The fourth-order valence-electron chi connectivity index (χ4n) is 2.66. The molecule has 3 nitrogen and oxygen atoms in total. The topological polar surface area (TPSA) is 43.4 Å². The first-order chi connectivity index (χ1) is 8.43. The molecule has 1 saturated heterocycles. The van der Waals surface area contributed by atoms with E-state index < -0.39 is 0 Å². The van der Waals surface area contributed by atoms with E-state index in [1.54, 1.807) is 0 Å². The van der Waals surface area contributed by atoms with Crippen LogP contribution in [0.1, 0.15) is 53.4 Å². The fourth-order valence-corrected chi connectivity index (χ4v) is 2.66. The minimum atomic E-state index is -0.00926. The van der Waals surface area contributed by atoms with Gasteiger partial charge in [-0.3, -0.25) is 9.59 Å². The lowest BCUT2D eigenvalue weighted by molar-refractivity contribution is -0.142. The highest BCUT2D eigenvalue weighted by Gasteiger charge is 2.28. The molecule has 1 saturated carbocycles. The summed E-state index contributed by atoms with van der Waals surface area (Å²) >= 11 is 0. The molecule has 0 spiro atoms. The van der Waals surface area contributed by atoms with Crippen LogP contribution in [0.25, 0.3) is 0 Å². The quantitative estimate of drug-likeness (QED) is 0.711. The van der Waals surface area contributed by atoms with Gasteiger partial charge in [-0.15, -0.1) is 0 Å². The van der Waals surface area contributed by atoms with Crippen molar-refractivity contribution in [2.45, 2.75) is 53.4 Å². The zero-order valence-corrected chi connectivity index (χ0v) is 12.1. The van der Waals surface area contributed by atoms with Crippen LogP contribution in [0.15, 0.2) is 0 Å². The number of hydrogen-bond donors (Lipinski definition) is 0. The summed E-state index contributed by atoms with van der Waals surface area (Å²) in [6.45, 7) is 9.00. The monoisotopic (exact) mass is 254 g/mol. The van der Waals surface area contributed by atoms with Gasteiger partial charge >= 0.3 is 5.97 Å². The maximum atomic E-state index is 11.0. The molecule has 0 amide bonds. The SMILES string of the molecule is CC(C)[C@@H]1CCCC1=O.CC(C)[C@H]1CCOC1=O. The molecule has 0 bridgehead atoms. The number of carbonyl (C=O) groups is 2. The lowest BCUT2D eigenvalue weighted by Gasteiger charge is -2.10. The van der Waals surface area contributed by atoms with Gasteiger partial charge in [0, 0.05) is 12.3 Å². The Morgan fingerprint density at radius 3 is 1.83 bits per heavy atom. The molecule has 1 heterocycles. The molecular formula is C15H26O3. The van der Waals surface area contributed by atoms with Gasteiger partial charge in [-0.1, -0.05) is 27.7 Å². The van der Waals surface area contributed by atoms with E-state index in [1.807, 2.05) is 0 Å². The summed E-state index contributed by atoms with van der Waals surface area (Å²) < 4.78 is 4.79. The molecule has 104 valence electrons. The molecule has 2 atom stereocenters. The number of hydrogen-bond acceptors (Lipinski definition) is 3. The first-order valence-corrected chi connectivity index (χ1v) is 7.12. The van der Waals surface area contributed by atoms with Gasteiger partial charge in [0.05, 0.1) is 12.5 Å². The second-order valence-electron chi connectivity index (χ2n) is 6.02. The molecule has 2 rings (SSSR count). The third-order valence-electron chi connectivity index (χ3n) is 3.94. The van der Waals surface area contributed by atoms with E-state index >= 15 is 0 Å². The predicted molar refractivity (Wildman–Crippen MR) is 71.1 cm³/mol. The zero-order chi connectivity index (χ0) is 13.7. The minimum absolute atomic E-state index is 0.00926. The maximum Gasteiger partial charge on any atom is 0.309 e. The Balaban J connectivity index is 0.000000180. The largest absolute Gasteiger partial charge is 0.465 e. The lowest BCUT2D eigenvalue weighted by Crippen LogP contribution is -2.13. The fraction of sp³-hybridized carbons (Fsp3) is 0.867. The van der Waals surface area contributed by atoms with Crippen molar-refractivity contribution in [3.8, 4) is 0 Å². The van der Waals surface area contributed by atoms with Gasteiger partial charge in [0.2, 0.25) is 0 Å². The third kappa shape index (κ3) is 4.11. The maximum absolute atomic E-state index is 11.0. The van der Waals surface area contributed by atoms with E-state index in [1.165, 1.54) is 0 Å². The number of ether oxygens (including phenoxy) is 1. The van der Waals surface area contributed by atoms with Crippen LogP contribution in [-0.2, 0) is 14.3 Å². The Kier molecular flexibility index (Phi) is 5.83. The Bertz CT molecular complexity index is 264. The van der Waals surface area contributed by atoms with Gasteiger partial charge < -0.3 is 4.74 Å². The van der Waals surface area contributed by atoms with Crippen molar-refractivity contribution >= 4 is 11.8 Å². The van der Waals surface area contributed by atoms with Crippen LogP contribution in [0.4, 0.5) is 0 Å². The number of Topliss-reactive ketones (excluding diaryl/α,β-unsaturated/α-hetero) is 1. The van der Waals surface area contributed by atoms with Crippen molar-refractivity contribution in [1.82, 2.24) is 0 Å². The number of rotatable bonds is 2. The molecule has 1 aliphatic carbocycles. The molecule has 1 aliphatic heterocycles. The number of cyclic esters (lactones) is 1. The number of carbonyl (C=O) groups excluding carboxylic acids is 2. The second-order valence-corrected chi connectivity index (χ2v) is 6.02. The molecular weight excluding hydrogens is 228 g/mol. The summed E-state index contributed by atoms with van der Waals surface area (Å²) in [4.78, 5) is 21.8. The highest BCUT2D eigenvalue weighted by Crippen LogP contribution is 2.27. The van der Waals surface area contributed by atoms with Crippen LogP contribution in [0.3, 0.4) is 0 Å². The number of esters is 1. The lowest BCUT2D eigenvalue weighted by atomic mass is 9.94. The van der Waals surface area contributed by atoms with Crippen LogP contribution >= 0.6 is 0 Å². The van der Waals surface area contributed by atoms with Crippen molar-refractivity contribution in [2.24, 2.45) is 23.7 Å². The van der Waals surface area contributed by atoms with Gasteiger partial charge in [0.25, 0.3) is 0 Å². The van der Waals surface area contributed by atoms with E-state index in [-0.39, 0.29) is 11.9 Å². The standard InChI is InChI=1S/C8H14O.C7H12O2/c1-6(2)7-4-3-5-8(7)9;1-5(2)6-3-4-9-7(6)8/h6-7H,3-5H2,1-2H3;5-6H,3-4H2,1-2H3/t7-;6-/m01/s1. The minimum Gasteiger partial charge on any atom is -0.465 e. The smallest absolute Gasteiger partial charge is 0.309 e. The summed E-state index contributed by atoms with van der Waals surface area (Å²) in [5.41, 5.74) is 0. The van der Waals surface area contributed by atoms with Gasteiger partial charge in [0.1, 0.15) is 5.78 Å². The summed E-state index contributed by atoms with van der Waals surface area (Å²) in [5, 5.41) is 0. The molecule has 0 aromatic carbocycles. The van der Waals surface area contributed by atoms with Gasteiger partial charge in [-0.05, 0) is 31.1 Å². The molecule has 18 heavy (non-hydrogen) atoms. The molecule has 0 unspecified atom stereocenters. The van der Waals surface area contributed by atoms with Crippen LogP contribution in [0.2, 0.25) is 0 Å². The van der Waals surface area contributed by atoms with Crippen molar-refractivity contribution in [2.75, 3.05) is 6.61 Å². The zero-order valence-electron chi connectivity index (χ0n) is 12.1. The molecule has 0 aromatic heterocycles. The number of ketones is 1. The Morgan fingerprint density at radius 2 is 1.61 bits per heavy atom. The molecule has 0 radical (unpaired) electrons. The van der Waals surface area contributed by atoms with Gasteiger partial charge in [0.15, 0.2) is 0 Å². The first-order valence-electron chi connectivity index (χ1n) is 7.12. The normalized spacial score (nSPS) is 27.4. The molecule has 3 heteroatoms. The molecule has 0 aromatic rings. The third-order valence-corrected chi connectivity index (χ3v) is 3.94. The average Bonchev–Trinajstić information content (AvgIpc) is 2.87. The van der Waals surface area contributed by atoms with E-state index in [9.17, 15) is 9.59 Å². The van der Waals surface area contributed by atoms with Crippen LogP contribution < -0.4 is 0 Å². The van der Waals surface area contributed by atoms with E-state index in [4.69, 9.17) is 4.74 Å². The Morgan fingerprint density at radius 1 is 1.00 bits per heavy atom. The second kappa shape index (κ2) is 6.91. The Labute approximate surface area is 110 Å². The average molecular weight is 254 g/mol. The molecule has 2 aliphatic rings. The molecule has 2 fully saturated rings. The summed E-state index contributed by atoms with van der Waals surface area (Å²) in [7, 11) is 0. The van der Waals surface area contributed by atoms with E-state index in [0.717, 1.165) is 25.7 Å². The van der Waals surface area contributed by atoms with Crippen molar-refractivity contribution in [1.29, 1.82) is 0 Å². The summed E-state index contributed by atoms with van der Waals surface area (Å²) in [6, 6.07) is 0. The van der Waals surface area contributed by atoms with Crippen molar-refractivity contribution < 1.29 is 14.3 Å². The van der Waals surface area contributed by atoms with Gasteiger partial charge in [-0.2, -0.15) is 0 Å². The van der Waals surface area contributed by atoms with Crippen molar-refractivity contribution in [3.63, 3.8) is 0 Å². The van der Waals surface area contributed by atoms with E-state index in [0.29, 0.717) is 30.1 Å². The predicted octanol–water partition coefficient (Wildman–Crippen LogP) is 3.22. The van der Waals surface area contributed by atoms with Crippen LogP contribution in [0.5, 0.6) is 0 Å². The summed E-state index contributed by atoms with van der Waals surface area (Å²) in [5.74, 6) is 2.06. The Hall–Kier alpha value is -0.860. The van der Waals surface area contributed by atoms with Crippen LogP contribution in [0, 0.1) is 23.7 Å². The van der Waals surface area contributed by atoms with Crippen molar-refractivity contribution in [3.05, 3.63) is 0 Å². The van der Waals surface area contributed by atoms with Crippen LogP contribution in [-0.4, -0.2) is 18.4 Å². The molecule has 0 N–H and O–H groups in total. The summed E-state index contributed by atoms with van der Waals surface area (Å²) in [6.07, 6.45) is 4.01. The highest BCUT2D eigenvalue weighted by molar-refractivity contribution is 5.83. The van der Waals surface area contributed by atoms with Gasteiger partial charge in [-0.25, -0.2) is 0 Å².